The number of hydrogen-bond donors (Lipinski definition) is 1. The Labute approximate surface area is 159 Å². The number of carbonyl (C=O) groups is 2. The highest BCUT2D eigenvalue weighted by Gasteiger charge is 2.25. The van der Waals surface area contributed by atoms with Crippen molar-refractivity contribution in [2.24, 2.45) is 11.7 Å². The van der Waals surface area contributed by atoms with Crippen LogP contribution in [0.15, 0.2) is 42.6 Å². The van der Waals surface area contributed by atoms with Crippen LogP contribution < -0.4 is 5.73 Å². The van der Waals surface area contributed by atoms with Crippen LogP contribution in [0.2, 0.25) is 0 Å². The molecule has 2 N–H and O–H groups in total. The Morgan fingerprint density at radius 3 is 2.41 bits per heavy atom. The van der Waals surface area contributed by atoms with Crippen LogP contribution in [-0.4, -0.2) is 42.0 Å². The summed E-state index contributed by atoms with van der Waals surface area (Å²) in [4.78, 5) is 30.4. The zero-order valence-electron chi connectivity index (χ0n) is 15.6. The molecule has 0 spiro atoms. The van der Waals surface area contributed by atoms with E-state index in [1.165, 1.54) is 7.11 Å². The van der Waals surface area contributed by atoms with Crippen molar-refractivity contribution in [3.63, 3.8) is 0 Å². The minimum absolute atomic E-state index is 0.0320. The average Bonchev–Trinajstić information content (AvgIpc) is 2.74. The summed E-state index contributed by atoms with van der Waals surface area (Å²) in [5, 5.41) is 0. The van der Waals surface area contributed by atoms with Gasteiger partial charge in [0, 0.05) is 43.4 Å². The van der Waals surface area contributed by atoms with E-state index in [0.29, 0.717) is 37.5 Å². The van der Waals surface area contributed by atoms with Gasteiger partial charge >= 0.3 is 5.97 Å². The first-order valence-electron chi connectivity index (χ1n) is 9.22. The fourth-order valence-electron chi connectivity index (χ4n) is 3.34. The van der Waals surface area contributed by atoms with Crippen LogP contribution in [-0.2, 0) is 16.1 Å². The second kappa shape index (κ2) is 8.77. The Balaban J connectivity index is 1.60. The fraction of sp³-hybridized carbons (Fsp3) is 0.381. The average molecular weight is 367 g/mol. The highest BCUT2D eigenvalue weighted by molar-refractivity contribution is 5.94. The van der Waals surface area contributed by atoms with Crippen LogP contribution in [0, 0.1) is 5.92 Å². The van der Waals surface area contributed by atoms with Crippen LogP contribution in [0.4, 0.5) is 0 Å². The molecular formula is C21H25N3O3. The lowest BCUT2D eigenvalue weighted by molar-refractivity contribution is -0.142. The van der Waals surface area contributed by atoms with Crippen molar-refractivity contribution in [1.29, 1.82) is 0 Å². The van der Waals surface area contributed by atoms with E-state index in [4.69, 9.17) is 10.5 Å². The van der Waals surface area contributed by atoms with Gasteiger partial charge < -0.3 is 15.4 Å². The number of likely N-dealkylation sites (tertiary alicyclic amines) is 1. The van der Waals surface area contributed by atoms with E-state index < -0.39 is 0 Å². The summed E-state index contributed by atoms with van der Waals surface area (Å²) in [7, 11) is 1.41. The molecule has 1 aliphatic rings. The maximum Gasteiger partial charge on any atom is 0.305 e. The second-order valence-corrected chi connectivity index (χ2v) is 6.85. The smallest absolute Gasteiger partial charge is 0.305 e. The molecule has 0 saturated carbocycles. The minimum atomic E-state index is -0.177. The Kier molecular flexibility index (Phi) is 6.19. The van der Waals surface area contributed by atoms with Crippen molar-refractivity contribution < 1.29 is 14.3 Å². The van der Waals surface area contributed by atoms with E-state index in [9.17, 15) is 9.59 Å². The van der Waals surface area contributed by atoms with Gasteiger partial charge in [-0.15, -0.1) is 0 Å². The van der Waals surface area contributed by atoms with Crippen molar-refractivity contribution in [3.05, 3.63) is 53.7 Å². The molecule has 6 nitrogen and oxygen atoms in total. The van der Waals surface area contributed by atoms with E-state index in [1.807, 2.05) is 41.3 Å². The number of benzene rings is 1. The summed E-state index contributed by atoms with van der Waals surface area (Å²) < 4.78 is 4.73. The number of esters is 1. The molecule has 2 aromatic rings. The van der Waals surface area contributed by atoms with Gasteiger partial charge in [-0.25, -0.2) is 0 Å². The second-order valence-electron chi connectivity index (χ2n) is 6.85. The van der Waals surface area contributed by atoms with Gasteiger partial charge in [0.15, 0.2) is 0 Å². The number of nitrogens with zero attached hydrogens (tertiary/aromatic N) is 2. The summed E-state index contributed by atoms with van der Waals surface area (Å²) >= 11 is 0. The number of pyridine rings is 1. The van der Waals surface area contributed by atoms with Crippen molar-refractivity contribution in [2.45, 2.75) is 25.8 Å². The number of nitrogens with two attached hydrogens (primary N) is 1. The summed E-state index contributed by atoms with van der Waals surface area (Å²) in [5.74, 6) is 0.152. The maximum atomic E-state index is 12.7. The molecule has 0 bridgehead atoms. The molecule has 1 aromatic carbocycles. The van der Waals surface area contributed by atoms with E-state index in [-0.39, 0.29) is 11.9 Å². The first-order valence-corrected chi connectivity index (χ1v) is 9.22. The number of methoxy groups -OCH3 is 1. The van der Waals surface area contributed by atoms with E-state index >= 15 is 0 Å². The lowest BCUT2D eigenvalue weighted by Crippen LogP contribution is -2.38. The van der Waals surface area contributed by atoms with Crippen molar-refractivity contribution in [1.82, 2.24) is 9.88 Å². The molecule has 2 heterocycles. The van der Waals surface area contributed by atoms with Crippen LogP contribution in [0.1, 0.15) is 35.2 Å². The van der Waals surface area contributed by atoms with Crippen molar-refractivity contribution in [2.75, 3.05) is 20.2 Å². The Morgan fingerprint density at radius 2 is 1.85 bits per heavy atom. The lowest BCUT2D eigenvalue weighted by Gasteiger charge is -2.31. The van der Waals surface area contributed by atoms with Gasteiger partial charge in [0.2, 0.25) is 0 Å². The number of amides is 1. The summed E-state index contributed by atoms with van der Waals surface area (Å²) in [6.45, 7) is 1.81. The number of piperidine rings is 1. The SMILES string of the molecule is COC(=O)CC1CCN(C(=O)c2ccc(-c3ccc(CN)cn3)cc2)CC1. The van der Waals surface area contributed by atoms with Crippen LogP contribution in [0.5, 0.6) is 0 Å². The van der Waals surface area contributed by atoms with Gasteiger partial charge in [-0.05, 0) is 42.5 Å². The van der Waals surface area contributed by atoms with E-state index in [0.717, 1.165) is 29.7 Å². The van der Waals surface area contributed by atoms with Gasteiger partial charge in [0.25, 0.3) is 5.91 Å². The molecule has 142 valence electrons. The molecule has 0 atom stereocenters. The molecule has 1 aliphatic heterocycles. The minimum Gasteiger partial charge on any atom is -0.469 e. The molecule has 1 amide bonds. The zero-order valence-corrected chi connectivity index (χ0v) is 15.6. The zero-order chi connectivity index (χ0) is 19.2. The van der Waals surface area contributed by atoms with Crippen LogP contribution in [0.3, 0.4) is 0 Å². The van der Waals surface area contributed by atoms with Crippen LogP contribution in [0.25, 0.3) is 11.3 Å². The Hall–Kier alpha value is -2.73. The van der Waals surface area contributed by atoms with E-state index in [2.05, 4.69) is 4.98 Å². The molecule has 1 aromatic heterocycles. The normalized spacial score (nSPS) is 14.8. The Bertz CT molecular complexity index is 779. The predicted octanol–water partition coefficient (Wildman–Crippen LogP) is 2.62. The fourth-order valence-corrected chi connectivity index (χ4v) is 3.34. The number of rotatable bonds is 5. The topological polar surface area (TPSA) is 85.5 Å². The largest absolute Gasteiger partial charge is 0.469 e. The van der Waals surface area contributed by atoms with Crippen LogP contribution >= 0.6 is 0 Å². The van der Waals surface area contributed by atoms with Crippen molar-refractivity contribution in [3.8, 4) is 11.3 Å². The third-order valence-electron chi connectivity index (χ3n) is 5.07. The predicted molar refractivity (Wildman–Crippen MR) is 103 cm³/mol. The standard InChI is InChI=1S/C21H25N3O3/c1-27-20(25)12-15-8-10-24(11-9-15)21(26)18-5-3-17(4-6-18)19-7-2-16(13-22)14-23-19/h2-7,14-15H,8-13,22H2,1H3. The van der Waals surface area contributed by atoms with Gasteiger partial charge in [-0.2, -0.15) is 0 Å². The monoisotopic (exact) mass is 367 g/mol. The molecule has 27 heavy (non-hydrogen) atoms. The molecule has 3 rings (SSSR count). The number of hydrogen-bond acceptors (Lipinski definition) is 5. The molecule has 0 aliphatic carbocycles. The van der Waals surface area contributed by atoms with Gasteiger partial charge in [-0.3, -0.25) is 14.6 Å². The molecule has 6 heteroatoms. The number of aromatic nitrogens is 1. The highest BCUT2D eigenvalue weighted by atomic mass is 16.5. The molecule has 0 unspecified atom stereocenters. The van der Waals surface area contributed by atoms with Gasteiger partial charge in [-0.1, -0.05) is 18.2 Å². The van der Waals surface area contributed by atoms with Gasteiger partial charge in [0.1, 0.15) is 0 Å². The summed E-state index contributed by atoms with van der Waals surface area (Å²) in [6.07, 6.45) is 3.86. The third-order valence-corrected chi connectivity index (χ3v) is 5.07. The molecule has 1 saturated heterocycles. The molecule has 1 fully saturated rings. The summed E-state index contributed by atoms with van der Waals surface area (Å²) in [5.41, 5.74) is 9.08. The Morgan fingerprint density at radius 1 is 1.15 bits per heavy atom. The van der Waals surface area contributed by atoms with Crippen molar-refractivity contribution >= 4 is 11.9 Å². The quantitative estimate of drug-likeness (QED) is 0.821. The number of carbonyl (C=O) groups excluding carboxylic acids is 2. The van der Waals surface area contributed by atoms with E-state index in [1.54, 1.807) is 6.20 Å². The maximum absolute atomic E-state index is 12.7. The summed E-state index contributed by atoms with van der Waals surface area (Å²) in [6, 6.07) is 11.4. The number of ether oxygens (including phenoxy) is 1. The third kappa shape index (κ3) is 4.71. The molecule has 0 radical (unpaired) electrons. The lowest BCUT2D eigenvalue weighted by atomic mass is 9.93. The molecular weight excluding hydrogens is 342 g/mol. The van der Waals surface area contributed by atoms with Gasteiger partial charge in [0.05, 0.1) is 12.8 Å². The first-order chi connectivity index (χ1) is 13.1. The highest BCUT2D eigenvalue weighted by Crippen LogP contribution is 2.23. The first kappa shape index (κ1) is 19.0.